The number of carbonyl (C=O) groups excluding carboxylic acids is 2. The Balaban J connectivity index is 1.79. The molecule has 1 N–H and O–H groups in total. The summed E-state index contributed by atoms with van der Waals surface area (Å²) in [5, 5.41) is 10.5. The average molecular weight is 568 g/mol. The second-order valence-corrected chi connectivity index (χ2v) is 11.3. The molecule has 0 saturated carbocycles. The molecule has 200 valence electrons. The summed E-state index contributed by atoms with van der Waals surface area (Å²) in [6, 6.07) is 10.8. The number of thioether (sulfide) groups is 1. The molecule has 0 aliphatic carbocycles. The molecule has 10 heteroatoms. The van der Waals surface area contributed by atoms with Gasteiger partial charge in [-0.05, 0) is 41.3 Å². The van der Waals surface area contributed by atoms with Crippen molar-refractivity contribution in [3.63, 3.8) is 0 Å². The van der Waals surface area contributed by atoms with Crippen LogP contribution < -0.4 is 4.74 Å². The van der Waals surface area contributed by atoms with Gasteiger partial charge in [0.05, 0.1) is 23.6 Å². The van der Waals surface area contributed by atoms with E-state index in [1.54, 1.807) is 19.2 Å². The molecule has 1 aliphatic heterocycles. The van der Waals surface area contributed by atoms with Crippen LogP contribution in [-0.4, -0.2) is 58.6 Å². The summed E-state index contributed by atoms with van der Waals surface area (Å²) in [5.74, 6) is 0.434. The Kier molecular flexibility index (Phi) is 10.7. The Morgan fingerprint density at radius 1 is 1.11 bits per heavy atom. The lowest BCUT2D eigenvalue weighted by molar-refractivity contribution is -0.139. The summed E-state index contributed by atoms with van der Waals surface area (Å²) in [4.78, 5) is 39.9. The van der Waals surface area contributed by atoms with Crippen molar-refractivity contribution in [1.82, 2.24) is 9.80 Å². The van der Waals surface area contributed by atoms with Crippen LogP contribution in [0.15, 0.2) is 41.3 Å². The van der Waals surface area contributed by atoms with Gasteiger partial charge in [-0.1, -0.05) is 49.2 Å². The molecule has 1 unspecified atom stereocenters. The number of carbonyl (C=O) groups is 3. The topological polar surface area (TPSA) is 87.2 Å². The maximum absolute atomic E-state index is 11.8. The van der Waals surface area contributed by atoms with E-state index < -0.39 is 12.0 Å². The van der Waals surface area contributed by atoms with Crippen LogP contribution in [0.3, 0.4) is 0 Å². The molecule has 0 bridgehead atoms. The van der Waals surface area contributed by atoms with Gasteiger partial charge in [-0.3, -0.25) is 24.2 Å². The number of nitrogens with zero attached hydrogens (tertiary/aromatic N) is 2. The van der Waals surface area contributed by atoms with E-state index >= 15 is 0 Å². The van der Waals surface area contributed by atoms with E-state index in [0.717, 1.165) is 16.0 Å². The summed E-state index contributed by atoms with van der Waals surface area (Å²) in [6.45, 7) is 5.74. The Labute approximate surface area is 232 Å². The highest BCUT2D eigenvalue weighted by Gasteiger charge is 2.28. The van der Waals surface area contributed by atoms with Crippen molar-refractivity contribution in [2.75, 3.05) is 26.0 Å². The second-order valence-electron chi connectivity index (χ2n) is 9.38. The SMILES string of the molecule is COc1cc(CN(CC(C)C)C(CC(=O)O)c2ccc(Cl)c(Cl)c2)ccc1SCCN1C(=O)CCC1=O. The molecule has 1 saturated heterocycles. The number of halogens is 2. The number of benzene rings is 2. The minimum Gasteiger partial charge on any atom is -0.496 e. The molecule has 3 rings (SSSR count). The van der Waals surface area contributed by atoms with E-state index in [1.807, 2.05) is 24.3 Å². The lowest BCUT2D eigenvalue weighted by atomic mass is 9.99. The number of carboxylic acids is 1. The number of imide groups is 1. The van der Waals surface area contributed by atoms with Crippen LogP contribution in [0.2, 0.25) is 10.0 Å². The first-order chi connectivity index (χ1) is 17.6. The third kappa shape index (κ3) is 8.11. The molecular formula is C27H32Cl2N2O5S. The van der Waals surface area contributed by atoms with Crippen molar-refractivity contribution < 1.29 is 24.2 Å². The molecule has 7 nitrogen and oxygen atoms in total. The van der Waals surface area contributed by atoms with Gasteiger partial charge >= 0.3 is 5.97 Å². The molecule has 0 spiro atoms. The van der Waals surface area contributed by atoms with Gasteiger partial charge in [0.15, 0.2) is 0 Å². The van der Waals surface area contributed by atoms with Gasteiger partial charge in [0.1, 0.15) is 5.75 Å². The highest BCUT2D eigenvalue weighted by Crippen LogP contribution is 2.34. The van der Waals surface area contributed by atoms with Crippen molar-refractivity contribution in [3.8, 4) is 5.75 Å². The molecule has 2 amide bonds. The summed E-state index contributed by atoms with van der Waals surface area (Å²) >= 11 is 13.9. The van der Waals surface area contributed by atoms with Crippen molar-refractivity contribution in [2.24, 2.45) is 5.92 Å². The number of rotatable bonds is 13. The molecule has 1 aliphatic rings. The van der Waals surface area contributed by atoms with Crippen LogP contribution in [0.25, 0.3) is 0 Å². The lowest BCUT2D eigenvalue weighted by Crippen LogP contribution is -2.33. The first-order valence-electron chi connectivity index (χ1n) is 12.1. The fraction of sp³-hybridized carbons (Fsp3) is 0.444. The van der Waals surface area contributed by atoms with Gasteiger partial charge in [0.2, 0.25) is 11.8 Å². The number of carboxylic acid groups (broad SMARTS) is 1. The number of methoxy groups -OCH3 is 1. The molecule has 2 aromatic carbocycles. The van der Waals surface area contributed by atoms with Gasteiger partial charge < -0.3 is 9.84 Å². The third-order valence-corrected chi connectivity index (χ3v) is 7.85. The van der Waals surface area contributed by atoms with Crippen molar-refractivity contribution in [1.29, 1.82) is 0 Å². The molecule has 2 aromatic rings. The highest BCUT2D eigenvalue weighted by atomic mass is 35.5. The Morgan fingerprint density at radius 2 is 1.81 bits per heavy atom. The van der Waals surface area contributed by atoms with Crippen LogP contribution in [-0.2, 0) is 20.9 Å². The predicted octanol–water partition coefficient (Wildman–Crippen LogP) is 5.92. The lowest BCUT2D eigenvalue weighted by Gasteiger charge is -2.33. The zero-order valence-electron chi connectivity index (χ0n) is 21.2. The summed E-state index contributed by atoms with van der Waals surface area (Å²) in [5.41, 5.74) is 1.77. The van der Waals surface area contributed by atoms with Crippen molar-refractivity contribution in [3.05, 3.63) is 57.6 Å². The molecule has 37 heavy (non-hydrogen) atoms. The summed E-state index contributed by atoms with van der Waals surface area (Å²) in [6.07, 6.45) is 0.503. The Morgan fingerprint density at radius 3 is 2.41 bits per heavy atom. The monoisotopic (exact) mass is 566 g/mol. The van der Waals surface area contributed by atoms with Gasteiger partial charge in [0, 0.05) is 49.2 Å². The summed E-state index contributed by atoms with van der Waals surface area (Å²) < 4.78 is 5.64. The average Bonchev–Trinajstić information content (AvgIpc) is 3.16. The number of ether oxygens (including phenoxy) is 1. The standard InChI is InChI=1S/C27H32Cl2N2O5S/c1-17(2)15-30(22(14-27(34)35)19-5-6-20(28)21(29)13-19)16-18-4-7-24(23(12-18)36-3)37-11-10-31-25(32)8-9-26(31)33/h4-7,12-13,17,22H,8-11,14-16H2,1-3H3,(H,34,35). The fourth-order valence-electron chi connectivity index (χ4n) is 4.40. The quantitative estimate of drug-likeness (QED) is 0.238. The van der Waals surface area contributed by atoms with Gasteiger partial charge in [-0.15, -0.1) is 11.8 Å². The maximum Gasteiger partial charge on any atom is 0.305 e. The van der Waals surface area contributed by atoms with E-state index in [0.29, 0.717) is 59.9 Å². The molecule has 1 fully saturated rings. The van der Waals surface area contributed by atoms with Crippen LogP contribution in [0.4, 0.5) is 0 Å². The van der Waals surface area contributed by atoms with Crippen LogP contribution >= 0.6 is 35.0 Å². The first kappa shape index (κ1) is 29.3. The fourth-order valence-corrected chi connectivity index (χ4v) is 5.65. The van der Waals surface area contributed by atoms with Gasteiger partial charge in [-0.25, -0.2) is 0 Å². The Hall–Kier alpha value is -2.26. The van der Waals surface area contributed by atoms with E-state index in [-0.39, 0.29) is 18.2 Å². The molecule has 1 atom stereocenters. The number of hydrogen-bond donors (Lipinski definition) is 1. The summed E-state index contributed by atoms with van der Waals surface area (Å²) in [7, 11) is 1.60. The van der Waals surface area contributed by atoms with Gasteiger partial charge in [-0.2, -0.15) is 0 Å². The van der Waals surface area contributed by atoms with Crippen molar-refractivity contribution >= 4 is 52.7 Å². The van der Waals surface area contributed by atoms with Crippen LogP contribution in [0.1, 0.15) is 50.3 Å². The number of hydrogen-bond acceptors (Lipinski definition) is 6. The first-order valence-corrected chi connectivity index (χ1v) is 13.9. The van der Waals surface area contributed by atoms with Crippen molar-refractivity contribution in [2.45, 2.75) is 50.6 Å². The minimum absolute atomic E-state index is 0.0797. The highest BCUT2D eigenvalue weighted by molar-refractivity contribution is 7.99. The minimum atomic E-state index is -0.899. The molecule has 0 aromatic heterocycles. The van der Waals surface area contributed by atoms with Crippen LogP contribution in [0, 0.1) is 5.92 Å². The molecular weight excluding hydrogens is 535 g/mol. The van der Waals surface area contributed by atoms with E-state index in [2.05, 4.69) is 18.7 Å². The van der Waals surface area contributed by atoms with E-state index in [9.17, 15) is 19.5 Å². The number of amides is 2. The predicted molar refractivity (Wildman–Crippen MR) is 146 cm³/mol. The maximum atomic E-state index is 11.8. The van der Waals surface area contributed by atoms with E-state index in [1.165, 1.54) is 16.7 Å². The van der Waals surface area contributed by atoms with Gasteiger partial charge in [0.25, 0.3) is 0 Å². The number of likely N-dealkylation sites (tertiary alicyclic amines) is 1. The largest absolute Gasteiger partial charge is 0.496 e. The molecule has 1 heterocycles. The van der Waals surface area contributed by atoms with Crippen LogP contribution in [0.5, 0.6) is 5.75 Å². The zero-order valence-corrected chi connectivity index (χ0v) is 23.5. The smallest absolute Gasteiger partial charge is 0.305 e. The second kappa shape index (κ2) is 13.5. The number of aliphatic carboxylic acids is 1. The molecule has 0 radical (unpaired) electrons. The zero-order chi connectivity index (χ0) is 27.1. The normalized spacial score (nSPS) is 14.6. The third-order valence-electron chi connectivity index (χ3n) is 6.08. The Bertz CT molecular complexity index is 1130. The van der Waals surface area contributed by atoms with E-state index in [4.69, 9.17) is 27.9 Å².